The minimum atomic E-state index is -4.79. The number of β-amino-alcohol motifs (C(OH)–C–C–N with tert-alkyl or cyclic N) is 1. The molecule has 3 aromatic carbocycles. The largest absolute Gasteiger partial charge is 0.573 e. The van der Waals surface area contributed by atoms with Gasteiger partial charge in [0.15, 0.2) is 0 Å². The van der Waals surface area contributed by atoms with E-state index < -0.39 is 47.7 Å². The molecule has 322 valence electrons. The van der Waals surface area contributed by atoms with E-state index in [4.69, 9.17) is 9.47 Å². The highest BCUT2D eigenvalue weighted by molar-refractivity contribution is 7.13. The van der Waals surface area contributed by atoms with Crippen molar-refractivity contribution in [2.75, 3.05) is 31.7 Å². The zero-order valence-corrected chi connectivity index (χ0v) is 34.7. The molecule has 1 aliphatic rings. The highest BCUT2D eigenvalue weighted by Gasteiger charge is 2.44. The van der Waals surface area contributed by atoms with Crippen LogP contribution in [0.4, 0.5) is 24.7 Å². The standard InChI is InChI=1S/C43H46F3N7O7S/c1-26-38(61-25-50-26)28-10-8-27(9-11-28)21-47-40(56)35-19-31(54)22-53(35)41(57)39(42(2,3)4)52-37(55)23-58-16-17-59-33-7-5-6-29(18-33)34-20-36(49-24-48-34)51-30-12-14-32(15-13-30)60-43(44,45)46/h5-15,18,20,24-25,31,35,39,54H,16-17,19,21-23H2,1-4H3,(H,47,56)(H,52,55)(H,48,49,51)/t31-,35+,39-/m1/s1. The number of rotatable bonds is 16. The molecule has 1 aliphatic heterocycles. The van der Waals surface area contributed by atoms with Crippen molar-refractivity contribution in [3.8, 4) is 33.2 Å². The lowest BCUT2D eigenvalue weighted by Gasteiger charge is -2.35. The first kappa shape index (κ1) is 44.4. The summed E-state index contributed by atoms with van der Waals surface area (Å²) < 4.78 is 52.8. The number of thiazole rings is 1. The van der Waals surface area contributed by atoms with Crippen LogP contribution in [0.2, 0.25) is 0 Å². The van der Waals surface area contributed by atoms with Gasteiger partial charge in [0.25, 0.3) is 0 Å². The Kier molecular flexibility index (Phi) is 14.2. The smallest absolute Gasteiger partial charge is 0.491 e. The Balaban J connectivity index is 0.964. The average Bonchev–Trinajstić information content (AvgIpc) is 3.84. The van der Waals surface area contributed by atoms with E-state index in [0.717, 1.165) is 21.7 Å². The highest BCUT2D eigenvalue weighted by atomic mass is 32.1. The molecule has 0 bridgehead atoms. The fourth-order valence-corrected chi connectivity index (χ4v) is 7.39. The van der Waals surface area contributed by atoms with Gasteiger partial charge in [-0.05, 0) is 59.9 Å². The van der Waals surface area contributed by atoms with Crippen molar-refractivity contribution in [2.45, 2.75) is 65.2 Å². The van der Waals surface area contributed by atoms with Gasteiger partial charge in [0.05, 0.1) is 34.5 Å². The minimum absolute atomic E-state index is 0.0475. The molecule has 2 aromatic heterocycles. The Morgan fingerprint density at radius 3 is 2.38 bits per heavy atom. The summed E-state index contributed by atoms with van der Waals surface area (Å²) >= 11 is 1.56. The number of aryl methyl sites for hydroxylation is 1. The zero-order chi connectivity index (χ0) is 43.7. The van der Waals surface area contributed by atoms with Gasteiger partial charge in [-0.25, -0.2) is 15.0 Å². The van der Waals surface area contributed by atoms with Gasteiger partial charge < -0.3 is 40.2 Å². The number of amides is 3. The molecule has 0 saturated carbocycles. The number of aromatic nitrogens is 3. The first-order chi connectivity index (χ1) is 29.0. The Labute approximate surface area is 354 Å². The predicted molar refractivity (Wildman–Crippen MR) is 222 cm³/mol. The van der Waals surface area contributed by atoms with Gasteiger partial charge in [0, 0.05) is 36.8 Å². The number of aliphatic hydroxyl groups excluding tert-OH is 1. The molecule has 3 amide bonds. The van der Waals surface area contributed by atoms with Crippen LogP contribution in [0, 0.1) is 12.3 Å². The molecule has 3 atom stereocenters. The van der Waals surface area contributed by atoms with Gasteiger partial charge in [0.1, 0.15) is 48.9 Å². The quantitative estimate of drug-likeness (QED) is 0.0806. The summed E-state index contributed by atoms with van der Waals surface area (Å²) in [6.45, 7) is 7.33. The van der Waals surface area contributed by atoms with Crippen LogP contribution in [0.25, 0.3) is 21.7 Å². The van der Waals surface area contributed by atoms with Crippen molar-refractivity contribution >= 4 is 40.6 Å². The molecule has 5 aromatic rings. The number of halogens is 3. The van der Waals surface area contributed by atoms with Gasteiger partial charge in [-0.2, -0.15) is 0 Å². The van der Waals surface area contributed by atoms with E-state index in [1.165, 1.54) is 35.5 Å². The van der Waals surface area contributed by atoms with Crippen molar-refractivity contribution in [1.29, 1.82) is 0 Å². The van der Waals surface area contributed by atoms with E-state index in [1.54, 1.807) is 61.9 Å². The SMILES string of the molecule is Cc1ncsc1-c1ccc(CNC(=O)[C@@H]2C[C@@H](O)CN2C(=O)[C@@H](NC(=O)COCCOc2cccc(-c3cc(Nc4ccc(OC(F)(F)F)cc4)ncn3)c2)C(C)(C)C)cc1. The number of carbonyl (C=O) groups excluding carboxylic acids is 3. The molecule has 6 rings (SSSR count). The summed E-state index contributed by atoms with van der Waals surface area (Å²) in [4.78, 5) is 55.7. The number of ether oxygens (including phenoxy) is 3. The Morgan fingerprint density at radius 1 is 0.934 bits per heavy atom. The second-order valence-corrected chi connectivity index (χ2v) is 16.2. The second kappa shape index (κ2) is 19.5. The van der Waals surface area contributed by atoms with Crippen LogP contribution < -0.4 is 25.4 Å². The van der Waals surface area contributed by atoms with Crippen LogP contribution in [-0.4, -0.2) is 93.6 Å². The number of carbonyl (C=O) groups is 3. The maximum absolute atomic E-state index is 14.0. The summed E-state index contributed by atoms with van der Waals surface area (Å²) in [5, 5.41) is 19.2. The first-order valence-corrected chi connectivity index (χ1v) is 20.2. The number of nitrogens with zero attached hydrogens (tertiary/aromatic N) is 4. The summed E-state index contributed by atoms with van der Waals surface area (Å²) in [5.41, 5.74) is 5.65. The minimum Gasteiger partial charge on any atom is -0.491 e. The van der Waals surface area contributed by atoms with Crippen molar-refractivity contribution in [1.82, 2.24) is 30.5 Å². The maximum Gasteiger partial charge on any atom is 0.573 e. The average molecular weight is 862 g/mol. The van der Waals surface area contributed by atoms with Crippen LogP contribution in [0.3, 0.4) is 0 Å². The van der Waals surface area contributed by atoms with E-state index >= 15 is 0 Å². The van der Waals surface area contributed by atoms with Crippen LogP contribution in [0.5, 0.6) is 11.5 Å². The third-order valence-corrected chi connectivity index (χ3v) is 10.6. The third kappa shape index (κ3) is 12.5. The number of alkyl halides is 3. The molecule has 3 heterocycles. The molecular weight excluding hydrogens is 816 g/mol. The van der Waals surface area contributed by atoms with Gasteiger partial charge >= 0.3 is 6.36 Å². The summed E-state index contributed by atoms with van der Waals surface area (Å²) in [6.07, 6.45) is -4.27. The van der Waals surface area contributed by atoms with E-state index in [1.807, 2.05) is 37.3 Å². The number of nitrogens with one attached hydrogen (secondary N) is 3. The monoisotopic (exact) mass is 861 g/mol. The van der Waals surface area contributed by atoms with Gasteiger partial charge in [-0.1, -0.05) is 57.2 Å². The van der Waals surface area contributed by atoms with Crippen molar-refractivity contribution in [3.63, 3.8) is 0 Å². The van der Waals surface area contributed by atoms with Crippen LogP contribution in [-0.2, 0) is 25.7 Å². The molecule has 1 saturated heterocycles. The highest BCUT2D eigenvalue weighted by Crippen LogP contribution is 2.30. The Bertz CT molecular complexity index is 2290. The molecule has 0 radical (unpaired) electrons. The van der Waals surface area contributed by atoms with Crippen molar-refractivity contribution in [2.24, 2.45) is 5.41 Å². The number of anilines is 2. The first-order valence-electron chi connectivity index (χ1n) is 19.3. The molecule has 61 heavy (non-hydrogen) atoms. The molecule has 0 unspecified atom stereocenters. The normalized spacial score (nSPS) is 15.8. The summed E-state index contributed by atoms with van der Waals surface area (Å²) in [5.74, 6) is -0.852. The van der Waals surface area contributed by atoms with E-state index in [0.29, 0.717) is 28.5 Å². The lowest BCUT2D eigenvalue weighted by Crippen LogP contribution is -2.58. The topological polar surface area (TPSA) is 177 Å². The molecule has 18 heteroatoms. The maximum atomic E-state index is 14.0. The lowest BCUT2D eigenvalue weighted by atomic mass is 9.85. The fraction of sp³-hybridized carbons (Fsp3) is 0.349. The molecule has 0 spiro atoms. The van der Waals surface area contributed by atoms with E-state index in [9.17, 15) is 32.7 Å². The number of benzene rings is 3. The zero-order valence-electron chi connectivity index (χ0n) is 33.9. The Hall–Kier alpha value is -6.11. The fourth-order valence-electron chi connectivity index (χ4n) is 6.58. The van der Waals surface area contributed by atoms with Crippen molar-refractivity contribution in [3.05, 3.63) is 102 Å². The number of aliphatic hydroxyl groups is 1. The Morgan fingerprint density at radius 2 is 1.69 bits per heavy atom. The third-order valence-electron chi connectivity index (χ3n) is 9.60. The van der Waals surface area contributed by atoms with Crippen molar-refractivity contribution < 1.29 is 46.9 Å². The van der Waals surface area contributed by atoms with E-state index in [-0.39, 0.29) is 45.1 Å². The van der Waals surface area contributed by atoms with Crippen LogP contribution >= 0.6 is 11.3 Å². The molecular formula is C43H46F3N7O7S. The van der Waals surface area contributed by atoms with Crippen LogP contribution in [0.1, 0.15) is 38.4 Å². The second-order valence-electron chi connectivity index (χ2n) is 15.4. The summed E-state index contributed by atoms with van der Waals surface area (Å²) in [6, 6.07) is 19.9. The molecule has 1 fully saturated rings. The van der Waals surface area contributed by atoms with Gasteiger partial charge in [-0.15, -0.1) is 24.5 Å². The lowest BCUT2D eigenvalue weighted by molar-refractivity contribution is -0.274. The molecule has 4 N–H and O–H groups in total. The van der Waals surface area contributed by atoms with Gasteiger partial charge in [-0.3, -0.25) is 14.4 Å². The molecule has 14 nitrogen and oxygen atoms in total. The van der Waals surface area contributed by atoms with E-state index in [2.05, 4.69) is 35.6 Å². The molecule has 0 aliphatic carbocycles. The number of hydrogen-bond donors (Lipinski definition) is 4. The predicted octanol–water partition coefficient (Wildman–Crippen LogP) is 6.42. The number of hydrogen-bond acceptors (Lipinski definition) is 12. The number of likely N-dealkylation sites (tertiary alicyclic amines) is 1. The van der Waals surface area contributed by atoms with Gasteiger partial charge in [0.2, 0.25) is 17.7 Å². The van der Waals surface area contributed by atoms with Crippen LogP contribution in [0.15, 0.2) is 90.7 Å². The summed E-state index contributed by atoms with van der Waals surface area (Å²) in [7, 11) is 0.